The van der Waals surface area contributed by atoms with Crippen molar-refractivity contribution in [3.8, 4) is 0 Å². The monoisotopic (exact) mass is 185 g/mol. The van der Waals surface area contributed by atoms with Gasteiger partial charge in [-0.25, -0.2) is 4.79 Å². The van der Waals surface area contributed by atoms with Crippen molar-refractivity contribution in [2.45, 2.75) is 33.2 Å². The third-order valence-electron chi connectivity index (χ3n) is 1.39. The fraction of sp³-hybridized carbons (Fsp3) is 0.556. The maximum Gasteiger partial charge on any atom is 0.328 e. The highest BCUT2D eigenvalue weighted by Gasteiger charge is 2.27. The topological polar surface area (TPSA) is 66.4 Å². The van der Waals surface area contributed by atoms with Crippen molar-refractivity contribution in [1.82, 2.24) is 5.32 Å². The van der Waals surface area contributed by atoms with Crippen molar-refractivity contribution < 1.29 is 14.7 Å². The summed E-state index contributed by atoms with van der Waals surface area (Å²) in [5, 5.41) is 11.1. The largest absolute Gasteiger partial charge is 0.480 e. The molecule has 0 rings (SSSR count). The number of rotatable bonds is 3. The number of nitrogens with one attached hydrogen (secondary N) is 1. The Morgan fingerprint density at radius 3 is 2.08 bits per heavy atom. The van der Waals surface area contributed by atoms with E-state index in [1.54, 1.807) is 13.8 Å². The van der Waals surface area contributed by atoms with Crippen LogP contribution in [0.25, 0.3) is 0 Å². The molecule has 0 aliphatic carbocycles. The number of hydrogen-bond donors (Lipinski definition) is 2. The Hall–Kier alpha value is -1.32. The Kier molecular flexibility index (Phi) is 3.66. The van der Waals surface area contributed by atoms with Gasteiger partial charge in [-0.2, -0.15) is 0 Å². The quantitative estimate of drug-likeness (QED) is 0.643. The van der Waals surface area contributed by atoms with Gasteiger partial charge in [0.05, 0.1) is 0 Å². The zero-order valence-corrected chi connectivity index (χ0v) is 8.34. The maximum atomic E-state index is 11.1. The van der Waals surface area contributed by atoms with E-state index in [1.807, 2.05) is 0 Å². The molecule has 1 amide bonds. The highest BCUT2D eigenvalue weighted by Crippen LogP contribution is 2.02. The van der Waals surface area contributed by atoms with Gasteiger partial charge >= 0.3 is 5.97 Å². The molecule has 0 fully saturated rings. The van der Waals surface area contributed by atoms with Gasteiger partial charge in [-0.05, 0) is 27.7 Å². The first-order valence-corrected chi connectivity index (χ1v) is 3.96. The van der Waals surface area contributed by atoms with Crippen LogP contribution >= 0.6 is 0 Å². The molecule has 0 atom stereocenters. The molecule has 4 heteroatoms. The summed E-state index contributed by atoms with van der Waals surface area (Å²) in [6.07, 6.45) is 1.37. The molecule has 0 heterocycles. The van der Waals surface area contributed by atoms with Gasteiger partial charge < -0.3 is 10.4 Å². The SMILES string of the molecule is CC(C)=CC(=O)NC(C)(C)C(=O)O. The fourth-order valence-electron chi connectivity index (χ4n) is 0.660. The van der Waals surface area contributed by atoms with Crippen LogP contribution in [-0.4, -0.2) is 22.5 Å². The Morgan fingerprint density at radius 1 is 1.31 bits per heavy atom. The van der Waals surface area contributed by atoms with Crippen LogP contribution in [0.3, 0.4) is 0 Å². The standard InChI is InChI=1S/C9H15NO3/c1-6(2)5-7(11)10-9(3,4)8(12)13/h5H,1-4H3,(H,10,11)(H,12,13). The third kappa shape index (κ3) is 4.30. The van der Waals surface area contributed by atoms with Crippen LogP contribution in [-0.2, 0) is 9.59 Å². The Labute approximate surface area is 77.6 Å². The molecule has 0 saturated carbocycles. The molecular formula is C9H15NO3. The molecule has 13 heavy (non-hydrogen) atoms. The second kappa shape index (κ2) is 4.07. The highest BCUT2D eigenvalue weighted by molar-refractivity contribution is 5.92. The van der Waals surface area contributed by atoms with Crippen molar-refractivity contribution in [3.05, 3.63) is 11.6 Å². The minimum atomic E-state index is -1.22. The second-order valence-electron chi connectivity index (χ2n) is 3.64. The summed E-state index contributed by atoms with van der Waals surface area (Å²) >= 11 is 0. The molecule has 4 nitrogen and oxygen atoms in total. The number of carboxylic acid groups (broad SMARTS) is 1. The van der Waals surface area contributed by atoms with Gasteiger partial charge in [0.2, 0.25) is 5.91 Å². The number of carbonyl (C=O) groups excluding carboxylic acids is 1. The molecule has 0 aromatic rings. The average Bonchev–Trinajstić information content (AvgIpc) is 1.82. The number of carboxylic acids is 1. The molecule has 0 bridgehead atoms. The summed E-state index contributed by atoms with van der Waals surface area (Å²) in [4.78, 5) is 21.7. The van der Waals surface area contributed by atoms with Crippen molar-refractivity contribution in [2.24, 2.45) is 0 Å². The molecule has 0 aliphatic rings. The molecule has 0 aromatic heterocycles. The van der Waals surface area contributed by atoms with E-state index < -0.39 is 11.5 Å². The summed E-state index contributed by atoms with van der Waals surface area (Å²) in [6.45, 7) is 6.42. The highest BCUT2D eigenvalue weighted by atomic mass is 16.4. The molecule has 0 aliphatic heterocycles. The van der Waals surface area contributed by atoms with Crippen LogP contribution in [0.1, 0.15) is 27.7 Å². The van der Waals surface area contributed by atoms with E-state index in [2.05, 4.69) is 5.32 Å². The lowest BCUT2D eigenvalue weighted by atomic mass is 10.1. The summed E-state index contributed by atoms with van der Waals surface area (Å²) in [7, 11) is 0. The predicted molar refractivity (Wildman–Crippen MR) is 49.3 cm³/mol. The second-order valence-corrected chi connectivity index (χ2v) is 3.64. The lowest BCUT2D eigenvalue weighted by molar-refractivity contribution is -0.145. The molecule has 0 spiro atoms. The van der Waals surface area contributed by atoms with Crippen molar-refractivity contribution >= 4 is 11.9 Å². The Morgan fingerprint density at radius 2 is 1.77 bits per heavy atom. The molecule has 2 N–H and O–H groups in total. The van der Waals surface area contributed by atoms with E-state index in [1.165, 1.54) is 19.9 Å². The van der Waals surface area contributed by atoms with Gasteiger partial charge in [-0.1, -0.05) is 5.57 Å². The summed E-state index contributed by atoms with van der Waals surface area (Å²) < 4.78 is 0. The number of amides is 1. The lowest BCUT2D eigenvalue weighted by Gasteiger charge is -2.19. The van der Waals surface area contributed by atoms with E-state index in [0.717, 1.165) is 5.57 Å². The molecule has 0 unspecified atom stereocenters. The average molecular weight is 185 g/mol. The number of aliphatic carboxylic acids is 1. The van der Waals surface area contributed by atoms with Crippen molar-refractivity contribution in [1.29, 1.82) is 0 Å². The molecule has 0 radical (unpaired) electrons. The normalized spacial score (nSPS) is 10.5. The fourth-order valence-corrected chi connectivity index (χ4v) is 0.660. The maximum absolute atomic E-state index is 11.1. The van der Waals surface area contributed by atoms with Gasteiger partial charge in [-0.15, -0.1) is 0 Å². The lowest BCUT2D eigenvalue weighted by Crippen LogP contribution is -2.49. The first kappa shape index (κ1) is 11.7. The van der Waals surface area contributed by atoms with Gasteiger partial charge in [0.1, 0.15) is 5.54 Å². The van der Waals surface area contributed by atoms with Crippen LogP contribution < -0.4 is 5.32 Å². The molecule has 0 saturated heterocycles. The summed E-state index contributed by atoms with van der Waals surface area (Å²) in [5.74, 6) is -1.43. The zero-order valence-electron chi connectivity index (χ0n) is 8.34. The van der Waals surface area contributed by atoms with Crippen LogP contribution in [0.4, 0.5) is 0 Å². The summed E-state index contributed by atoms with van der Waals surface area (Å²) in [6, 6.07) is 0. The first-order chi connectivity index (χ1) is 5.75. The van der Waals surface area contributed by atoms with Gasteiger partial charge in [0, 0.05) is 6.08 Å². The van der Waals surface area contributed by atoms with E-state index >= 15 is 0 Å². The van der Waals surface area contributed by atoms with Crippen LogP contribution in [0.2, 0.25) is 0 Å². The van der Waals surface area contributed by atoms with Crippen LogP contribution in [0.5, 0.6) is 0 Å². The minimum absolute atomic E-state index is 0.382. The van der Waals surface area contributed by atoms with Gasteiger partial charge in [0.15, 0.2) is 0 Å². The van der Waals surface area contributed by atoms with E-state index in [4.69, 9.17) is 5.11 Å². The van der Waals surface area contributed by atoms with E-state index in [9.17, 15) is 9.59 Å². The van der Waals surface area contributed by atoms with E-state index in [0.29, 0.717) is 0 Å². The van der Waals surface area contributed by atoms with Gasteiger partial charge in [0.25, 0.3) is 0 Å². The summed E-state index contributed by atoms with van der Waals surface area (Å²) in [5.41, 5.74) is -0.387. The van der Waals surface area contributed by atoms with Gasteiger partial charge in [-0.3, -0.25) is 4.79 Å². The first-order valence-electron chi connectivity index (χ1n) is 3.96. The Balaban J connectivity index is 4.38. The predicted octanol–water partition coefficient (Wildman–Crippen LogP) is 0.932. The number of allylic oxidation sites excluding steroid dienone is 1. The number of hydrogen-bond acceptors (Lipinski definition) is 2. The zero-order chi connectivity index (χ0) is 10.6. The minimum Gasteiger partial charge on any atom is -0.480 e. The van der Waals surface area contributed by atoms with Crippen LogP contribution in [0.15, 0.2) is 11.6 Å². The molecule has 0 aromatic carbocycles. The molecular weight excluding hydrogens is 170 g/mol. The van der Waals surface area contributed by atoms with Crippen molar-refractivity contribution in [2.75, 3.05) is 0 Å². The Bertz CT molecular complexity index is 250. The van der Waals surface area contributed by atoms with E-state index in [-0.39, 0.29) is 5.91 Å². The van der Waals surface area contributed by atoms with Crippen molar-refractivity contribution in [3.63, 3.8) is 0 Å². The smallest absolute Gasteiger partial charge is 0.328 e. The molecule has 74 valence electrons. The third-order valence-corrected chi connectivity index (χ3v) is 1.39. The number of carbonyl (C=O) groups is 2. The van der Waals surface area contributed by atoms with Crippen LogP contribution in [0, 0.1) is 0 Å².